The van der Waals surface area contributed by atoms with Crippen molar-refractivity contribution in [2.75, 3.05) is 22.8 Å². The fourth-order valence-corrected chi connectivity index (χ4v) is 3.92. The van der Waals surface area contributed by atoms with Crippen molar-refractivity contribution >= 4 is 27.3 Å². The van der Waals surface area contributed by atoms with Crippen LogP contribution in [-0.4, -0.2) is 27.5 Å². The number of carbonyl (C=O) groups excluding carboxylic acids is 1. The van der Waals surface area contributed by atoms with Crippen molar-refractivity contribution in [3.05, 3.63) is 53.6 Å². The summed E-state index contributed by atoms with van der Waals surface area (Å²) in [6, 6.07) is 12.3. The third-order valence-corrected chi connectivity index (χ3v) is 5.21. The number of fused-ring (bicyclic) bond motifs is 1. The van der Waals surface area contributed by atoms with Gasteiger partial charge in [-0.3, -0.25) is 9.52 Å². The maximum absolute atomic E-state index is 12.4. The van der Waals surface area contributed by atoms with E-state index in [-0.39, 0.29) is 11.7 Å². The lowest BCUT2D eigenvalue weighted by Gasteiger charge is -2.29. The molecule has 0 saturated heterocycles. The summed E-state index contributed by atoms with van der Waals surface area (Å²) in [4.78, 5) is 13.3. The van der Waals surface area contributed by atoms with Crippen molar-refractivity contribution in [1.29, 1.82) is 0 Å². The highest BCUT2D eigenvalue weighted by Gasteiger charge is 2.22. The molecule has 1 aliphatic heterocycles. The zero-order valence-corrected chi connectivity index (χ0v) is 15.0. The Hall–Kier alpha value is -2.54. The number of hydrogen-bond acceptors (Lipinski definition) is 4. The maximum Gasteiger partial charge on any atom is 0.236 e. The smallest absolute Gasteiger partial charge is 0.236 e. The quantitative estimate of drug-likeness (QED) is 0.910. The molecule has 0 atom stereocenters. The first-order valence-corrected chi connectivity index (χ1v) is 9.60. The molecule has 25 heavy (non-hydrogen) atoms. The number of aryl methyl sites for hydroxylation is 1. The molecule has 0 aliphatic carbocycles. The molecular weight excluding hydrogens is 340 g/mol. The van der Waals surface area contributed by atoms with Gasteiger partial charge < -0.3 is 9.64 Å². The van der Waals surface area contributed by atoms with Crippen LogP contribution in [0.1, 0.15) is 18.1 Å². The van der Waals surface area contributed by atoms with Gasteiger partial charge in [0.15, 0.2) is 0 Å². The van der Waals surface area contributed by atoms with E-state index >= 15 is 0 Å². The highest BCUT2D eigenvalue weighted by atomic mass is 32.2. The van der Waals surface area contributed by atoms with Crippen molar-refractivity contribution in [1.82, 2.24) is 0 Å². The number of carbonyl (C=O) groups is 1. The van der Waals surface area contributed by atoms with Crippen molar-refractivity contribution in [2.45, 2.75) is 19.6 Å². The zero-order chi connectivity index (χ0) is 18.0. The number of amides is 1. The number of benzene rings is 2. The van der Waals surface area contributed by atoms with E-state index in [4.69, 9.17) is 4.74 Å². The molecule has 6 nitrogen and oxygen atoms in total. The second kappa shape index (κ2) is 6.76. The molecule has 1 aliphatic rings. The molecule has 0 bridgehead atoms. The summed E-state index contributed by atoms with van der Waals surface area (Å²) >= 11 is 0. The van der Waals surface area contributed by atoms with E-state index < -0.39 is 10.0 Å². The first-order chi connectivity index (χ1) is 11.8. The Balaban J connectivity index is 1.81. The van der Waals surface area contributed by atoms with Crippen LogP contribution >= 0.6 is 0 Å². The summed E-state index contributed by atoms with van der Waals surface area (Å²) in [5.74, 6) is 0.351. The first-order valence-electron chi connectivity index (χ1n) is 7.95. The second-order valence-corrected chi connectivity index (χ2v) is 7.77. The molecule has 2 aromatic carbocycles. The van der Waals surface area contributed by atoms with Crippen LogP contribution in [0.2, 0.25) is 0 Å². The van der Waals surface area contributed by atoms with E-state index in [1.54, 1.807) is 35.2 Å². The van der Waals surface area contributed by atoms with Gasteiger partial charge in [0, 0.05) is 6.92 Å². The summed E-state index contributed by atoms with van der Waals surface area (Å²) < 4.78 is 32.9. The Kier molecular flexibility index (Phi) is 4.67. The topological polar surface area (TPSA) is 75.7 Å². The highest BCUT2D eigenvalue weighted by molar-refractivity contribution is 7.91. The van der Waals surface area contributed by atoms with Gasteiger partial charge in [-0.2, -0.15) is 0 Å². The molecule has 1 N–H and O–H groups in total. The summed E-state index contributed by atoms with van der Waals surface area (Å²) in [5.41, 5.74) is 2.77. The molecule has 0 unspecified atom stereocenters. The first kappa shape index (κ1) is 17.3. The lowest BCUT2D eigenvalue weighted by molar-refractivity contribution is -0.116. The number of rotatable bonds is 4. The third kappa shape index (κ3) is 4.11. The van der Waals surface area contributed by atoms with Gasteiger partial charge in [-0.1, -0.05) is 29.8 Å². The zero-order valence-electron chi connectivity index (χ0n) is 14.2. The lowest BCUT2D eigenvalue weighted by atomic mass is 10.2. The van der Waals surface area contributed by atoms with Gasteiger partial charge in [0.2, 0.25) is 15.9 Å². The van der Waals surface area contributed by atoms with Crippen LogP contribution in [0.15, 0.2) is 42.5 Å². The van der Waals surface area contributed by atoms with E-state index in [0.717, 1.165) is 5.56 Å². The highest BCUT2D eigenvalue weighted by Crippen LogP contribution is 2.34. The fourth-order valence-electron chi connectivity index (χ4n) is 2.73. The SMILES string of the molecule is CC(=O)N1CCOc2ccc(NS(=O)(=O)Cc3ccc(C)cc3)cc21. The van der Waals surface area contributed by atoms with Crippen molar-refractivity contribution in [3.8, 4) is 5.75 Å². The maximum atomic E-state index is 12.4. The van der Waals surface area contributed by atoms with Gasteiger partial charge in [-0.05, 0) is 30.7 Å². The van der Waals surface area contributed by atoms with Gasteiger partial charge in [-0.15, -0.1) is 0 Å². The minimum atomic E-state index is -3.56. The van der Waals surface area contributed by atoms with Crippen molar-refractivity contribution in [2.24, 2.45) is 0 Å². The van der Waals surface area contributed by atoms with Gasteiger partial charge in [0.05, 0.1) is 23.7 Å². The van der Waals surface area contributed by atoms with Crippen LogP contribution in [0, 0.1) is 6.92 Å². The Morgan fingerprint density at radius 3 is 2.60 bits per heavy atom. The van der Waals surface area contributed by atoms with Crippen LogP contribution in [0.25, 0.3) is 0 Å². The average Bonchev–Trinajstić information content (AvgIpc) is 2.55. The molecule has 0 aromatic heterocycles. The normalized spacial score (nSPS) is 13.8. The molecule has 0 radical (unpaired) electrons. The minimum Gasteiger partial charge on any atom is -0.490 e. The Labute approximate surface area is 147 Å². The summed E-state index contributed by atoms with van der Waals surface area (Å²) in [7, 11) is -3.56. The Bertz CT molecular complexity index is 892. The number of nitrogens with one attached hydrogen (secondary N) is 1. The van der Waals surface area contributed by atoms with Gasteiger partial charge in [-0.25, -0.2) is 8.42 Å². The van der Waals surface area contributed by atoms with Gasteiger partial charge in [0.1, 0.15) is 12.4 Å². The molecular formula is C18H20N2O4S. The van der Waals surface area contributed by atoms with Crippen LogP contribution in [0.3, 0.4) is 0 Å². The molecule has 3 rings (SSSR count). The number of ether oxygens (including phenoxy) is 1. The average molecular weight is 360 g/mol. The standard InChI is InChI=1S/C18H20N2O4S/c1-13-3-5-15(6-4-13)12-25(22,23)19-16-7-8-18-17(11-16)20(14(2)21)9-10-24-18/h3-8,11,19H,9-10,12H2,1-2H3. The Morgan fingerprint density at radius 2 is 1.92 bits per heavy atom. The molecule has 1 heterocycles. The monoisotopic (exact) mass is 360 g/mol. The minimum absolute atomic E-state index is 0.107. The molecule has 0 saturated carbocycles. The fraction of sp³-hybridized carbons (Fsp3) is 0.278. The molecule has 2 aromatic rings. The number of nitrogens with zero attached hydrogens (tertiary/aromatic N) is 1. The van der Waals surface area contributed by atoms with E-state index in [1.165, 1.54) is 6.92 Å². The van der Waals surface area contributed by atoms with Gasteiger partial charge in [0.25, 0.3) is 0 Å². The van der Waals surface area contributed by atoms with E-state index in [9.17, 15) is 13.2 Å². The third-order valence-electron chi connectivity index (χ3n) is 3.95. The van der Waals surface area contributed by atoms with Crippen molar-refractivity contribution < 1.29 is 17.9 Å². The molecule has 0 fully saturated rings. The lowest BCUT2D eigenvalue weighted by Crippen LogP contribution is -2.36. The predicted octanol–water partition coefficient (Wildman–Crippen LogP) is 2.68. The summed E-state index contributed by atoms with van der Waals surface area (Å²) in [6.07, 6.45) is 0. The number of hydrogen-bond donors (Lipinski definition) is 1. The Morgan fingerprint density at radius 1 is 1.20 bits per heavy atom. The van der Waals surface area contributed by atoms with Gasteiger partial charge >= 0.3 is 0 Å². The molecule has 1 amide bonds. The van der Waals surface area contributed by atoms with Crippen molar-refractivity contribution in [3.63, 3.8) is 0 Å². The number of sulfonamides is 1. The van der Waals surface area contributed by atoms with Crippen LogP contribution < -0.4 is 14.4 Å². The summed E-state index contributed by atoms with van der Waals surface area (Å²) in [6.45, 7) is 4.29. The predicted molar refractivity (Wildman–Crippen MR) is 97.4 cm³/mol. The van der Waals surface area contributed by atoms with Crippen LogP contribution in [-0.2, 0) is 20.6 Å². The van der Waals surface area contributed by atoms with E-state index in [0.29, 0.717) is 35.8 Å². The molecule has 0 spiro atoms. The largest absolute Gasteiger partial charge is 0.490 e. The number of anilines is 2. The van der Waals surface area contributed by atoms with Crippen LogP contribution in [0.5, 0.6) is 5.75 Å². The van der Waals surface area contributed by atoms with E-state index in [2.05, 4.69) is 4.72 Å². The second-order valence-electron chi connectivity index (χ2n) is 6.05. The molecule has 7 heteroatoms. The van der Waals surface area contributed by atoms with E-state index in [1.807, 2.05) is 19.1 Å². The molecule has 132 valence electrons. The van der Waals surface area contributed by atoms with Crippen LogP contribution in [0.4, 0.5) is 11.4 Å². The summed E-state index contributed by atoms with van der Waals surface area (Å²) in [5, 5.41) is 0.